The smallest absolute Gasteiger partial charge is 0.131 e. The van der Waals surface area contributed by atoms with Crippen LogP contribution in [0.5, 0.6) is 5.75 Å². The lowest BCUT2D eigenvalue weighted by Crippen LogP contribution is -2.08. The Kier molecular flexibility index (Phi) is 1.96. The molecule has 0 atom stereocenters. The molecule has 1 fully saturated rings. The maximum atomic E-state index is 13.6. The lowest BCUT2D eigenvalue weighted by molar-refractivity contribution is 0.401. The molecule has 0 amide bonds. The minimum atomic E-state index is -0.406. The van der Waals surface area contributed by atoms with Gasteiger partial charge in [0.15, 0.2) is 0 Å². The van der Waals surface area contributed by atoms with Gasteiger partial charge in [-0.15, -0.1) is 6.42 Å². The Labute approximate surface area is 82.9 Å². The summed E-state index contributed by atoms with van der Waals surface area (Å²) in [6.07, 6.45) is 7.12. The Morgan fingerprint density at radius 1 is 1.50 bits per heavy atom. The highest BCUT2D eigenvalue weighted by molar-refractivity contribution is 5.49. The summed E-state index contributed by atoms with van der Waals surface area (Å²) < 4.78 is 18.7. The minimum absolute atomic E-state index is 0.264. The van der Waals surface area contributed by atoms with Crippen LogP contribution in [0.3, 0.4) is 0 Å². The molecule has 0 saturated heterocycles. The zero-order valence-electron chi connectivity index (χ0n) is 8.01. The Morgan fingerprint density at radius 3 is 2.71 bits per heavy atom. The van der Waals surface area contributed by atoms with Gasteiger partial charge in [-0.2, -0.15) is 0 Å². The number of terminal acetylenes is 1. The molecule has 1 aliphatic carbocycles. The second kappa shape index (κ2) is 3.02. The molecule has 0 spiro atoms. The molecular weight excluding hydrogens is 179 g/mol. The van der Waals surface area contributed by atoms with E-state index in [1.165, 1.54) is 13.2 Å². The van der Waals surface area contributed by atoms with Gasteiger partial charge < -0.3 is 4.74 Å². The molecule has 1 saturated carbocycles. The van der Waals surface area contributed by atoms with E-state index < -0.39 is 5.41 Å². The van der Waals surface area contributed by atoms with E-state index >= 15 is 0 Å². The molecule has 1 aromatic rings. The standard InChI is InChI=1S/C12H11FO/c1-3-12(7-8-12)11-9(13)5-4-6-10(11)14-2/h1,4-6H,7-8H2,2H3. The van der Waals surface area contributed by atoms with Crippen LogP contribution in [-0.4, -0.2) is 7.11 Å². The third-order valence-electron chi connectivity index (χ3n) is 2.70. The highest BCUT2D eigenvalue weighted by Gasteiger charge is 2.46. The van der Waals surface area contributed by atoms with Gasteiger partial charge in [0.2, 0.25) is 0 Å². The number of halogens is 1. The third-order valence-corrected chi connectivity index (χ3v) is 2.70. The summed E-state index contributed by atoms with van der Waals surface area (Å²) in [6.45, 7) is 0. The fourth-order valence-electron chi connectivity index (χ4n) is 1.73. The van der Waals surface area contributed by atoms with Crippen molar-refractivity contribution in [1.29, 1.82) is 0 Å². The van der Waals surface area contributed by atoms with Crippen molar-refractivity contribution in [2.45, 2.75) is 18.3 Å². The molecule has 0 N–H and O–H groups in total. The molecule has 0 bridgehead atoms. The van der Waals surface area contributed by atoms with Crippen LogP contribution >= 0.6 is 0 Å². The SMILES string of the molecule is C#CC1(c2c(F)cccc2OC)CC1. The number of rotatable bonds is 2. The van der Waals surface area contributed by atoms with Crippen molar-refractivity contribution in [3.63, 3.8) is 0 Å². The quantitative estimate of drug-likeness (QED) is 0.651. The van der Waals surface area contributed by atoms with Crippen LogP contribution in [0.25, 0.3) is 0 Å². The van der Waals surface area contributed by atoms with E-state index in [9.17, 15) is 4.39 Å². The second-order valence-electron chi connectivity index (χ2n) is 3.54. The van der Waals surface area contributed by atoms with Gasteiger partial charge in [-0.1, -0.05) is 12.0 Å². The fourth-order valence-corrected chi connectivity index (χ4v) is 1.73. The molecule has 14 heavy (non-hydrogen) atoms. The number of hydrogen-bond acceptors (Lipinski definition) is 1. The van der Waals surface area contributed by atoms with E-state index in [0.29, 0.717) is 11.3 Å². The molecule has 0 unspecified atom stereocenters. The van der Waals surface area contributed by atoms with Crippen LogP contribution < -0.4 is 4.74 Å². The first-order chi connectivity index (χ1) is 6.73. The minimum Gasteiger partial charge on any atom is -0.496 e. The van der Waals surface area contributed by atoms with E-state index in [1.807, 2.05) is 0 Å². The largest absolute Gasteiger partial charge is 0.496 e. The van der Waals surface area contributed by atoms with Crippen molar-refractivity contribution in [1.82, 2.24) is 0 Å². The first kappa shape index (κ1) is 9.08. The molecule has 72 valence electrons. The van der Waals surface area contributed by atoms with Crippen molar-refractivity contribution < 1.29 is 9.13 Å². The van der Waals surface area contributed by atoms with Crippen molar-refractivity contribution in [2.24, 2.45) is 0 Å². The lowest BCUT2D eigenvalue weighted by atomic mass is 9.95. The molecule has 1 aliphatic rings. The summed E-state index contributed by atoms with van der Waals surface area (Å²) in [4.78, 5) is 0. The van der Waals surface area contributed by atoms with Gasteiger partial charge in [0.1, 0.15) is 11.6 Å². The highest BCUT2D eigenvalue weighted by Crippen LogP contribution is 2.51. The van der Waals surface area contributed by atoms with Crippen LogP contribution in [0.1, 0.15) is 18.4 Å². The van der Waals surface area contributed by atoms with E-state index in [4.69, 9.17) is 11.2 Å². The predicted molar refractivity (Wildman–Crippen MR) is 52.7 cm³/mol. The first-order valence-corrected chi connectivity index (χ1v) is 4.54. The molecule has 0 aromatic heterocycles. The van der Waals surface area contributed by atoms with Gasteiger partial charge in [0.25, 0.3) is 0 Å². The molecule has 2 rings (SSSR count). The summed E-state index contributed by atoms with van der Waals surface area (Å²) in [5.41, 5.74) is 0.140. The van der Waals surface area contributed by atoms with Crippen molar-refractivity contribution in [2.75, 3.05) is 7.11 Å². The fraction of sp³-hybridized carbons (Fsp3) is 0.333. The van der Waals surface area contributed by atoms with Crippen molar-refractivity contribution >= 4 is 0 Å². The third kappa shape index (κ3) is 1.17. The average Bonchev–Trinajstić information content (AvgIpc) is 2.98. The highest BCUT2D eigenvalue weighted by atomic mass is 19.1. The summed E-state index contributed by atoms with van der Waals surface area (Å²) in [6, 6.07) is 4.80. The summed E-state index contributed by atoms with van der Waals surface area (Å²) in [5, 5.41) is 0. The van der Waals surface area contributed by atoms with Crippen LogP contribution in [0, 0.1) is 18.2 Å². The topological polar surface area (TPSA) is 9.23 Å². The van der Waals surface area contributed by atoms with E-state index in [-0.39, 0.29) is 5.82 Å². The maximum Gasteiger partial charge on any atom is 0.131 e. The number of benzene rings is 1. The number of ether oxygens (including phenoxy) is 1. The normalized spacial score (nSPS) is 17.2. The zero-order chi connectivity index (χ0) is 10.2. The van der Waals surface area contributed by atoms with E-state index in [0.717, 1.165) is 12.8 Å². The van der Waals surface area contributed by atoms with Gasteiger partial charge in [0, 0.05) is 5.56 Å². The summed E-state index contributed by atoms with van der Waals surface area (Å²) >= 11 is 0. The second-order valence-corrected chi connectivity index (χ2v) is 3.54. The van der Waals surface area contributed by atoms with Crippen LogP contribution in [-0.2, 0) is 5.41 Å². The number of hydrogen-bond donors (Lipinski definition) is 0. The van der Waals surface area contributed by atoms with E-state index in [1.54, 1.807) is 12.1 Å². The average molecular weight is 190 g/mol. The van der Waals surface area contributed by atoms with Crippen LogP contribution in [0.2, 0.25) is 0 Å². The molecule has 1 aromatic carbocycles. The zero-order valence-corrected chi connectivity index (χ0v) is 8.01. The van der Waals surface area contributed by atoms with Gasteiger partial charge in [-0.05, 0) is 25.0 Å². The molecule has 0 radical (unpaired) electrons. The molecule has 0 aliphatic heterocycles. The summed E-state index contributed by atoms with van der Waals surface area (Å²) in [7, 11) is 1.53. The Bertz CT molecular complexity index is 399. The monoisotopic (exact) mass is 190 g/mol. The molecule has 2 heteroatoms. The molecule has 0 heterocycles. The van der Waals surface area contributed by atoms with E-state index in [2.05, 4.69) is 5.92 Å². The number of methoxy groups -OCH3 is 1. The van der Waals surface area contributed by atoms with Crippen molar-refractivity contribution in [3.8, 4) is 18.1 Å². The van der Waals surface area contributed by atoms with Crippen molar-refractivity contribution in [3.05, 3.63) is 29.6 Å². The Morgan fingerprint density at radius 2 is 2.21 bits per heavy atom. The van der Waals surface area contributed by atoms with Gasteiger partial charge in [-0.3, -0.25) is 0 Å². The van der Waals surface area contributed by atoms with Gasteiger partial charge in [0.05, 0.1) is 12.5 Å². The van der Waals surface area contributed by atoms with Gasteiger partial charge in [-0.25, -0.2) is 4.39 Å². The predicted octanol–water partition coefficient (Wildman–Crippen LogP) is 2.50. The maximum absolute atomic E-state index is 13.6. The lowest BCUT2D eigenvalue weighted by Gasteiger charge is -2.13. The molecular formula is C12H11FO. The first-order valence-electron chi connectivity index (χ1n) is 4.54. The Hall–Kier alpha value is -1.49. The van der Waals surface area contributed by atoms with Gasteiger partial charge >= 0.3 is 0 Å². The summed E-state index contributed by atoms with van der Waals surface area (Å²) in [5.74, 6) is 2.96. The van der Waals surface area contributed by atoms with Crippen LogP contribution in [0.15, 0.2) is 18.2 Å². The molecule has 1 nitrogen and oxygen atoms in total. The van der Waals surface area contributed by atoms with Crippen LogP contribution in [0.4, 0.5) is 4.39 Å². The Balaban J connectivity index is 2.57.